The van der Waals surface area contributed by atoms with Crippen molar-refractivity contribution in [3.63, 3.8) is 0 Å². The largest absolute Gasteiger partial charge is 0.394 e. The Morgan fingerprint density at radius 2 is 1.79 bits per heavy atom. The fraction of sp³-hybridized carbons (Fsp3) is 0.387. The number of hydrogen-bond acceptors (Lipinski definition) is 10. The predicted molar refractivity (Wildman–Crippen MR) is 157 cm³/mol. The molecule has 0 radical (unpaired) electrons. The van der Waals surface area contributed by atoms with Crippen molar-refractivity contribution < 1.29 is 18.8 Å². The normalized spacial score (nSPS) is 22.6. The number of pyridine rings is 2. The summed E-state index contributed by atoms with van der Waals surface area (Å²) in [4.78, 5) is 29.0. The molecule has 2 bridgehead atoms. The number of fused-ring (bicyclic) bond motifs is 4. The number of anilines is 3. The van der Waals surface area contributed by atoms with Crippen LogP contribution in [0.5, 0.6) is 0 Å². The fourth-order valence-corrected chi connectivity index (χ4v) is 6.37. The summed E-state index contributed by atoms with van der Waals surface area (Å²) in [6.45, 7) is 6.67. The summed E-state index contributed by atoms with van der Waals surface area (Å²) in [6, 6.07) is 10.7. The first-order valence-electron chi connectivity index (χ1n) is 14.5. The zero-order valence-corrected chi connectivity index (χ0v) is 24.0. The number of piperidine rings is 3. The molecule has 3 saturated heterocycles. The van der Waals surface area contributed by atoms with E-state index < -0.39 is 11.6 Å². The Morgan fingerprint density at radius 3 is 2.51 bits per heavy atom. The molecule has 4 aromatic rings. The number of carbonyl (C=O) groups is 1. The van der Waals surface area contributed by atoms with Crippen LogP contribution in [0.15, 0.2) is 53.2 Å². The summed E-state index contributed by atoms with van der Waals surface area (Å²) in [5, 5.41) is 24.3. The Hall–Kier alpha value is -4.42. The molecule has 12 heteroatoms. The highest BCUT2D eigenvalue weighted by Crippen LogP contribution is 2.42. The second-order valence-electron chi connectivity index (χ2n) is 12.1. The van der Waals surface area contributed by atoms with Crippen LogP contribution < -0.4 is 16.0 Å². The molecular weight excluding hydrogens is 551 g/mol. The van der Waals surface area contributed by atoms with Crippen LogP contribution >= 0.6 is 0 Å². The zero-order valence-electron chi connectivity index (χ0n) is 24.0. The third-order valence-electron chi connectivity index (χ3n) is 8.95. The molecule has 0 unspecified atom stereocenters. The van der Waals surface area contributed by atoms with Crippen LogP contribution in [0.1, 0.15) is 66.6 Å². The lowest BCUT2D eigenvalue weighted by molar-refractivity contribution is 0.0747. The minimum absolute atomic E-state index is 0.0793. The van der Waals surface area contributed by atoms with Crippen molar-refractivity contribution in [3.8, 4) is 11.5 Å². The van der Waals surface area contributed by atoms with Gasteiger partial charge in [-0.2, -0.15) is 4.98 Å². The van der Waals surface area contributed by atoms with E-state index in [2.05, 4.69) is 31.0 Å². The lowest BCUT2D eigenvalue weighted by Crippen LogP contribution is -2.51. The van der Waals surface area contributed by atoms with Crippen molar-refractivity contribution in [1.29, 1.82) is 0 Å². The maximum atomic E-state index is 13.6. The van der Waals surface area contributed by atoms with Gasteiger partial charge in [-0.1, -0.05) is 17.3 Å². The molecule has 8 rings (SSSR count). The van der Waals surface area contributed by atoms with Gasteiger partial charge in [0.05, 0.1) is 40.7 Å². The average Bonchev–Trinajstić information content (AvgIpc) is 3.60. The van der Waals surface area contributed by atoms with E-state index in [0.29, 0.717) is 45.6 Å². The molecule has 7 heterocycles. The topological polar surface area (TPSA) is 141 Å². The molecule has 222 valence electrons. The van der Waals surface area contributed by atoms with Crippen molar-refractivity contribution in [2.45, 2.75) is 50.1 Å². The SMILES string of the molecule is CC1(C)NC(=O)c2ccc(Nc3cc(N[C@H](CO)c4ccc(F)cc4)c(-c4nc(C56CCN(CC5)CC6)no4)cn3)nc21. The Morgan fingerprint density at radius 1 is 1.05 bits per heavy atom. The maximum Gasteiger partial charge on any atom is 0.261 e. The number of halogens is 1. The van der Waals surface area contributed by atoms with Gasteiger partial charge in [-0.05, 0) is 82.6 Å². The molecule has 43 heavy (non-hydrogen) atoms. The molecule has 4 aliphatic rings. The van der Waals surface area contributed by atoms with E-state index in [9.17, 15) is 14.3 Å². The molecular formula is C31H33FN8O3. The molecule has 1 atom stereocenters. The number of aliphatic hydroxyl groups is 1. The van der Waals surface area contributed by atoms with Crippen molar-refractivity contribution in [2.75, 3.05) is 36.9 Å². The highest BCUT2D eigenvalue weighted by molar-refractivity contribution is 5.99. The van der Waals surface area contributed by atoms with Crippen molar-refractivity contribution in [1.82, 2.24) is 30.3 Å². The molecule has 3 fully saturated rings. The van der Waals surface area contributed by atoms with E-state index in [1.54, 1.807) is 36.5 Å². The summed E-state index contributed by atoms with van der Waals surface area (Å²) >= 11 is 0. The summed E-state index contributed by atoms with van der Waals surface area (Å²) in [6.07, 6.45) is 4.65. The van der Waals surface area contributed by atoms with Crippen LogP contribution in [0.3, 0.4) is 0 Å². The number of rotatable bonds is 8. The molecule has 11 nitrogen and oxygen atoms in total. The summed E-state index contributed by atoms with van der Waals surface area (Å²) in [7, 11) is 0. The van der Waals surface area contributed by atoms with E-state index >= 15 is 0 Å². The number of nitrogens with one attached hydrogen (secondary N) is 3. The van der Waals surface area contributed by atoms with Gasteiger partial charge in [-0.15, -0.1) is 0 Å². The Balaban J connectivity index is 1.23. The van der Waals surface area contributed by atoms with E-state index in [4.69, 9.17) is 14.5 Å². The molecule has 4 aliphatic heterocycles. The van der Waals surface area contributed by atoms with Crippen molar-refractivity contribution in [2.24, 2.45) is 0 Å². The minimum Gasteiger partial charge on any atom is -0.394 e. The van der Waals surface area contributed by atoms with E-state index in [1.807, 2.05) is 13.8 Å². The number of nitrogens with zero attached hydrogens (tertiary/aromatic N) is 5. The standard InChI is InChI=1S/C31H33FN8O3/c1-30(2)26-20(27(42)38-30)7-8-24(36-26)35-25-15-22(34-23(17-41)18-3-5-19(32)6-4-18)21(16-33-25)28-37-29(39-43-28)31-9-12-40(13-10-31)14-11-31/h3-8,15-16,23,41H,9-14,17H2,1-2H3,(H,38,42)(H2,33,34,35,36)/t23-/m1/s1. The molecule has 1 amide bonds. The first kappa shape index (κ1) is 27.4. The first-order valence-corrected chi connectivity index (χ1v) is 14.5. The summed E-state index contributed by atoms with van der Waals surface area (Å²) in [5.41, 5.74) is 2.39. The fourth-order valence-electron chi connectivity index (χ4n) is 6.37. The van der Waals surface area contributed by atoms with Crippen LogP contribution in [0.4, 0.5) is 21.7 Å². The van der Waals surface area contributed by atoms with Crippen LogP contribution in [-0.2, 0) is 11.0 Å². The minimum atomic E-state index is -0.596. The number of hydrogen-bond donors (Lipinski definition) is 4. The second-order valence-corrected chi connectivity index (χ2v) is 12.1. The number of amides is 1. The smallest absolute Gasteiger partial charge is 0.261 e. The molecule has 0 aliphatic carbocycles. The number of benzene rings is 1. The summed E-state index contributed by atoms with van der Waals surface area (Å²) < 4.78 is 19.5. The molecule has 3 aromatic heterocycles. The molecule has 0 saturated carbocycles. The van der Waals surface area contributed by atoms with E-state index in [-0.39, 0.29) is 23.7 Å². The van der Waals surface area contributed by atoms with Crippen molar-refractivity contribution in [3.05, 3.63) is 77.1 Å². The van der Waals surface area contributed by atoms with E-state index in [1.165, 1.54) is 12.1 Å². The maximum absolute atomic E-state index is 13.6. The Kier molecular flexibility index (Phi) is 6.62. The van der Waals surface area contributed by atoms with Gasteiger partial charge in [0.1, 0.15) is 17.5 Å². The van der Waals surface area contributed by atoms with Gasteiger partial charge in [0.25, 0.3) is 11.8 Å². The lowest BCUT2D eigenvalue weighted by atomic mass is 9.71. The quantitative estimate of drug-likeness (QED) is 0.237. The molecule has 0 spiro atoms. The van der Waals surface area contributed by atoms with Gasteiger partial charge >= 0.3 is 0 Å². The molecule has 1 aromatic carbocycles. The zero-order chi connectivity index (χ0) is 29.8. The van der Waals surface area contributed by atoms with Gasteiger partial charge in [-0.3, -0.25) is 4.79 Å². The van der Waals surface area contributed by atoms with Gasteiger partial charge in [-0.25, -0.2) is 14.4 Å². The van der Waals surface area contributed by atoms with Crippen molar-refractivity contribution >= 4 is 23.2 Å². The third-order valence-corrected chi connectivity index (χ3v) is 8.95. The number of aliphatic hydroxyl groups excluding tert-OH is 1. The Bertz CT molecular complexity index is 1670. The average molecular weight is 585 g/mol. The summed E-state index contributed by atoms with van der Waals surface area (Å²) in [5.74, 6) is 1.54. The predicted octanol–water partition coefficient (Wildman–Crippen LogP) is 4.27. The highest BCUT2D eigenvalue weighted by atomic mass is 19.1. The van der Waals surface area contributed by atoms with E-state index in [0.717, 1.165) is 44.7 Å². The van der Waals surface area contributed by atoms with Crippen LogP contribution in [0, 0.1) is 5.82 Å². The Labute approximate surface area is 247 Å². The second kappa shape index (κ2) is 10.4. The van der Waals surface area contributed by atoms with Crippen LogP contribution in [0.25, 0.3) is 11.5 Å². The highest BCUT2D eigenvalue weighted by Gasteiger charge is 2.44. The van der Waals surface area contributed by atoms with Crippen LogP contribution in [-0.4, -0.2) is 62.3 Å². The number of aromatic nitrogens is 4. The lowest BCUT2D eigenvalue weighted by Gasteiger charge is -2.46. The third kappa shape index (κ3) is 5.00. The van der Waals surface area contributed by atoms with Gasteiger partial charge < -0.3 is 30.5 Å². The van der Waals surface area contributed by atoms with Gasteiger partial charge in [0.2, 0.25) is 0 Å². The number of carbonyl (C=O) groups excluding carboxylic acids is 1. The first-order chi connectivity index (χ1) is 20.7. The van der Waals surface area contributed by atoms with Crippen LogP contribution in [0.2, 0.25) is 0 Å². The van der Waals surface area contributed by atoms with Gasteiger partial charge in [0, 0.05) is 17.7 Å². The monoisotopic (exact) mass is 584 g/mol. The molecule has 4 N–H and O–H groups in total. The van der Waals surface area contributed by atoms with Gasteiger partial charge in [0.15, 0.2) is 5.82 Å².